The van der Waals surface area contributed by atoms with Crippen molar-refractivity contribution < 1.29 is 4.74 Å². The number of aryl methyl sites for hydroxylation is 2. The molecule has 0 radical (unpaired) electrons. The minimum atomic E-state index is -0.187. The first kappa shape index (κ1) is 19.2. The lowest BCUT2D eigenvalue weighted by Gasteiger charge is -2.04. The van der Waals surface area contributed by atoms with Crippen LogP contribution in [0.15, 0.2) is 41.6 Å². The van der Waals surface area contributed by atoms with E-state index < -0.39 is 0 Å². The summed E-state index contributed by atoms with van der Waals surface area (Å²) in [7, 11) is 0. The lowest BCUT2D eigenvalue weighted by atomic mass is 10.3. The summed E-state index contributed by atoms with van der Waals surface area (Å²) in [5, 5.41) is 4.98. The van der Waals surface area contributed by atoms with E-state index in [2.05, 4.69) is 30.0 Å². The van der Waals surface area contributed by atoms with Gasteiger partial charge in [0.15, 0.2) is 16.8 Å². The van der Waals surface area contributed by atoms with Crippen LogP contribution in [0.3, 0.4) is 0 Å². The molecule has 0 atom stereocenters. The zero-order chi connectivity index (χ0) is 21.5. The van der Waals surface area contributed by atoms with Gasteiger partial charge in [-0.1, -0.05) is 18.5 Å². The van der Waals surface area contributed by atoms with Crippen molar-refractivity contribution in [2.75, 3.05) is 0 Å². The SMILES string of the molecule is CCc1nc(C)c2c(=O)n(Cc3nc4ncc(Oc5ccc(Cl)cc5)nc4[nH]3)cnn12. The highest BCUT2D eigenvalue weighted by atomic mass is 35.5. The summed E-state index contributed by atoms with van der Waals surface area (Å²) < 4.78 is 8.78. The first-order valence-corrected chi connectivity index (χ1v) is 9.98. The lowest BCUT2D eigenvalue weighted by Crippen LogP contribution is -2.24. The third-order valence-electron chi connectivity index (χ3n) is 4.77. The van der Waals surface area contributed by atoms with Crippen LogP contribution < -0.4 is 10.3 Å². The molecule has 0 amide bonds. The molecule has 11 heteroatoms. The number of ether oxygens (including phenoxy) is 1. The van der Waals surface area contributed by atoms with Crippen LogP contribution in [0, 0.1) is 6.92 Å². The lowest BCUT2D eigenvalue weighted by molar-refractivity contribution is 0.462. The fourth-order valence-corrected chi connectivity index (χ4v) is 3.45. The van der Waals surface area contributed by atoms with Crippen molar-refractivity contribution >= 4 is 28.4 Å². The van der Waals surface area contributed by atoms with Gasteiger partial charge in [-0.15, -0.1) is 0 Å². The molecule has 0 bridgehead atoms. The van der Waals surface area contributed by atoms with Gasteiger partial charge in [0.2, 0.25) is 5.88 Å². The zero-order valence-corrected chi connectivity index (χ0v) is 17.5. The number of nitrogens with one attached hydrogen (secondary N) is 1. The maximum absolute atomic E-state index is 12.9. The Kier molecular flexibility index (Phi) is 4.63. The van der Waals surface area contributed by atoms with Crippen LogP contribution in [0.4, 0.5) is 0 Å². The van der Waals surface area contributed by atoms with Gasteiger partial charge in [-0.25, -0.2) is 19.5 Å². The standard InChI is InChI=1S/C20H17ClN8O2/c1-3-15-24-11(2)17-20(30)28(10-23-29(15)17)9-14-25-18-19(26-14)27-16(8-22-18)31-13-6-4-12(21)5-7-13/h4-8,10H,3,9H2,1-2H3,(H,22,25,26,27). The minimum absolute atomic E-state index is 0.187. The molecule has 156 valence electrons. The molecular formula is C20H17ClN8O2. The number of H-pyrrole nitrogens is 1. The number of aromatic amines is 1. The Morgan fingerprint density at radius 1 is 1.16 bits per heavy atom. The van der Waals surface area contributed by atoms with Crippen LogP contribution in [0.5, 0.6) is 11.6 Å². The molecule has 4 heterocycles. The molecule has 0 fully saturated rings. The fourth-order valence-electron chi connectivity index (χ4n) is 3.32. The second-order valence-corrected chi connectivity index (χ2v) is 7.35. The Balaban J connectivity index is 1.44. The highest BCUT2D eigenvalue weighted by Gasteiger charge is 2.15. The van der Waals surface area contributed by atoms with Gasteiger partial charge in [0.05, 0.1) is 18.4 Å². The summed E-state index contributed by atoms with van der Waals surface area (Å²) in [5.74, 6) is 2.18. The van der Waals surface area contributed by atoms with Crippen LogP contribution in [-0.2, 0) is 13.0 Å². The van der Waals surface area contributed by atoms with Crippen molar-refractivity contribution in [3.63, 3.8) is 0 Å². The molecule has 0 saturated carbocycles. The third kappa shape index (κ3) is 3.50. The second-order valence-electron chi connectivity index (χ2n) is 6.91. The van der Waals surface area contributed by atoms with E-state index in [9.17, 15) is 4.79 Å². The number of nitrogens with zero attached hydrogens (tertiary/aromatic N) is 7. The number of halogens is 1. The molecule has 10 nitrogen and oxygen atoms in total. The van der Waals surface area contributed by atoms with E-state index in [1.54, 1.807) is 35.7 Å². The number of aromatic nitrogens is 8. The maximum Gasteiger partial charge on any atom is 0.280 e. The third-order valence-corrected chi connectivity index (χ3v) is 5.02. The molecule has 0 spiro atoms. The first-order chi connectivity index (χ1) is 15.0. The number of hydrogen-bond acceptors (Lipinski definition) is 7. The van der Waals surface area contributed by atoms with Crippen molar-refractivity contribution in [3.05, 3.63) is 69.5 Å². The van der Waals surface area contributed by atoms with Crippen molar-refractivity contribution in [1.29, 1.82) is 0 Å². The second kappa shape index (κ2) is 7.47. The fraction of sp³-hybridized carbons (Fsp3) is 0.200. The van der Waals surface area contributed by atoms with E-state index in [0.717, 1.165) is 5.82 Å². The number of imidazole rings is 2. The van der Waals surface area contributed by atoms with E-state index in [-0.39, 0.29) is 12.1 Å². The molecule has 0 aliphatic heterocycles. The number of rotatable bonds is 5. The van der Waals surface area contributed by atoms with Gasteiger partial charge in [0.1, 0.15) is 23.7 Å². The summed E-state index contributed by atoms with van der Waals surface area (Å²) in [5.41, 5.74) is 1.81. The van der Waals surface area contributed by atoms with E-state index in [4.69, 9.17) is 16.3 Å². The quantitative estimate of drug-likeness (QED) is 0.450. The number of hydrogen-bond donors (Lipinski definition) is 1. The molecule has 1 aromatic carbocycles. The predicted molar refractivity (Wildman–Crippen MR) is 114 cm³/mol. The molecule has 0 aliphatic carbocycles. The molecule has 1 N–H and O–H groups in total. The van der Waals surface area contributed by atoms with Crippen LogP contribution >= 0.6 is 11.6 Å². The van der Waals surface area contributed by atoms with Gasteiger partial charge in [0.25, 0.3) is 5.56 Å². The summed E-state index contributed by atoms with van der Waals surface area (Å²) in [4.78, 5) is 33.6. The molecule has 0 saturated heterocycles. The molecular weight excluding hydrogens is 420 g/mol. The Morgan fingerprint density at radius 3 is 2.74 bits per heavy atom. The van der Waals surface area contributed by atoms with Crippen molar-refractivity contribution in [1.82, 2.24) is 39.1 Å². The number of fused-ring (bicyclic) bond motifs is 2. The van der Waals surface area contributed by atoms with Gasteiger partial charge < -0.3 is 9.72 Å². The average molecular weight is 437 g/mol. The molecule has 0 aliphatic rings. The Bertz CT molecular complexity index is 1470. The van der Waals surface area contributed by atoms with Gasteiger partial charge in [-0.05, 0) is 31.2 Å². The van der Waals surface area contributed by atoms with Crippen LogP contribution in [0.1, 0.15) is 24.3 Å². The summed E-state index contributed by atoms with van der Waals surface area (Å²) >= 11 is 5.89. The van der Waals surface area contributed by atoms with Crippen LogP contribution in [0.25, 0.3) is 16.8 Å². The molecule has 31 heavy (non-hydrogen) atoms. The van der Waals surface area contributed by atoms with Crippen molar-refractivity contribution in [3.8, 4) is 11.6 Å². The summed E-state index contributed by atoms with van der Waals surface area (Å²) in [6, 6.07) is 6.94. The van der Waals surface area contributed by atoms with Crippen molar-refractivity contribution in [2.24, 2.45) is 0 Å². The van der Waals surface area contributed by atoms with E-state index in [1.807, 2.05) is 6.92 Å². The average Bonchev–Trinajstić information content (AvgIpc) is 3.31. The predicted octanol–water partition coefficient (Wildman–Crippen LogP) is 2.92. The van der Waals surface area contributed by atoms with E-state index in [1.165, 1.54) is 17.1 Å². The van der Waals surface area contributed by atoms with Crippen LogP contribution in [0.2, 0.25) is 5.02 Å². The molecule has 5 rings (SSSR count). The minimum Gasteiger partial charge on any atom is -0.437 e. The maximum atomic E-state index is 12.9. The van der Waals surface area contributed by atoms with E-state index >= 15 is 0 Å². The Labute approximate surface area is 180 Å². The first-order valence-electron chi connectivity index (χ1n) is 9.60. The number of benzene rings is 1. The monoisotopic (exact) mass is 436 g/mol. The van der Waals surface area contributed by atoms with Crippen molar-refractivity contribution in [2.45, 2.75) is 26.8 Å². The summed E-state index contributed by atoms with van der Waals surface area (Å²) in [6.45, 7) is 3.97. The smallest absolute Gasteiger partial charge is 0.280 e. The topological polar surface area (TPSA) is 116 Å². The van der Waals surface area contributed by atoms with Gasteiger partial charge in [-0.3, -0.25) is 9.36 Å². The molecule has 5 aromatic rings. The zero-order valence-electron chi connectivity index (χ0n) is 16.7. The normalized spacial score (nSPS) is 11.5. The Hall–Kier alpha value is -3.79. The van der Waals surface area contributed by atoms with Gasteiger partial charge in [0, 0.05) is 11.4 Å². The largest absolute Gasteiger partial charge is 0.437 e. The van der Waals surface area contributed by atoms with Gasteiger partial charge >= 0.3 is 0 Å². The molecule has 0 unspecified atom stereocenters. The highest BCUT2D eigenvalue weighted by molar-refractivity contribution is 6.30. The Morgan fingerprint density at radius 2 is 1.97 bits per heavy atom. The van der Waals surface area contributed by atoms with E-state index in [0.29, 0.717) is 51.4 Å². The summed E-state index contributed by atoms with van der Waals surface area (Å²) in [6.07, 6.45) is 3.66. The van der Waals surface area contributed by atoms with Gasteiger partial charge in [-0.2, -0.15) is 10.1 Å². The highest BCUT2D eigenvalue weighted by Crippen LogP contribution is 2.22. The van der Waals surface area contributed by atoms with Crippen LogP contribution in [-0.4, -0.2) is 39.1 Å². The molecule has 4 aromatic heterocycles.